The van der Waals surface area contributed by atoms with Gasteiger partial charge >= 0.3 is 0 Å². The third kappa shape index (κ3) is 4.27. The Bertz CT molecular complexity index is 866. The predicted octanol–water partition coefficient (Wildman–Crippen LogP) is 3.44. The number of halogens is 1. The summed E-state index contributed by atoms with van der Waals surface area (Å²) < 4.78 is 40.3. The van der Waals surface area contributed by atoms with E-state index in [1.807, 2.05) is 0 Å². The number of hydrogen-bond acceptors (Lipinski definition) is 3. The number of carbonyl (C=O) groups excluding carboxylic acids is 1. The van der Waals surface area contributed by atoms with Gasteiger partial charge in [-0.15, -0.1) is 0 Å². The van der Waals surface area contributed by atoms with Crippen LogP contribution in [-0.4, -0.2) is 19.7 Å². The summed E-state index contributed by atoms with van der Waals surface area (Å²) in [5.41, 5.74) is 0.487. The molecule has 0 fully saturated rings. The Morgan fingerprint density at radius 2 is 1.54 bits per heavy atom. The van der Waals surface area contributed by atoms with Gasteiger partial charge in [-0.05, 0) is 75.7 Å². The Kier molecular flexibility index (Phi) is 4.92. The van der Waals surface area contributed by atoms with Gasteiger partial charge in [-0.2, -0.15) is 0 Å². The molecule has 0 radical (unpaired) electrons. The molecule has 0 atom stereocenters. The van der Waals surface area contributed by atoms with Crippen LogP contribution in [0.5, 0.6) is 0 Å². The average molecular weight is 349 g/mol. The highest BCUT2D eigenvalue weighted by molar-refractivity contribution is 7.89. The van der Waals surface area contributed by atoms with Crippen LogP contribution in [-0.2, 0) is 10.0 Å². The quantitative estimate of drug-likeness (QED) is 0.860. The van der Waals surface area contributed by atoms with Gasteiger partial charge in [0.1, 0.15) is 5.82 Å². The normalized spacial score (nSPS) is 12.2. The Labute approximate surface area is 141 Å². The average Bonchev–Trinajstić information content (AvgIpc) is 2.47. The van der Waals surface area contributed by atoms with Crippen molar-refractivity contribution in [1.29, 1.82) is 0 Å². The van der Waals surface area contributed by atoms with Gasteiger partial charge in [0.15, 0.2) is 5.78 Å². The number of ketones is 1. The number of nitrogens with one attached hydrogen (secondary N) is 1. The SMILES string of the molecule is Cc1cc(C(=O)c2ccc(S(=O)(=O)NC(C)(C)C)cc2)ccc1F. The molecule has 0 spiro atoms. The lowest BCUT2D eigenvalue weighted by Crippen LogP contribution is -2.40. The van der Waals surface area contributed by atoms with Crippen LogP contribution in [0.4, 0.5) is 4.39 Å². The molecular weight excluding hydrogens is 329 g/mol. The molecular formula is C18H20FNO3S. The van der Waals surface area contributed by atoms with Gasteiger partial charge in [0, 0.05) is 16.7 Å². The maximum absolute atomic E-state index is 13.3. The van der Waals surface area contributed by atoms with Crippen LogP contribution in [0.3, 0.4) is 0 Å². The molecule has 24 heavy (non-hydrogen) atoms. The predicted molar refractivity (Wildman–Crippen MR) is 91.1 cm³/mol. The second-order valence-electron chi connectivity index (χ2n) is 6.67. The molecule has 0 aliphatic carbocycles. The fourth-order valence-electron chi connectivity index (χ4n) is 2.20. The fraction of sp³-hybridized carbons (Fsp3) is 0.278. The van der Waals surface area contributed by atoms with Gasteiger partial charge in [-0.1, -0.05) is 0 Å². The Hall–Kier alpha value is -2.05. The summed E-state index contributed by atoms with van der Waals surface area (Å²) in [5, 5.41) is 0. The largest absolute Gasteiger partial charge is 0.289 e. The smallest absolute Gasteiger partial charge is 0.241 e. The maximum Gasteiger partial charge on any atom is 0.241 e. The summed E-state index contributed by atoms with van der Waals surface area (Å²) in [6.07, 6.45) is 0. The van der Waals surface area contributed by atoms with Crippen LogP contribution in [0.1, 0.15) is 42.3 Å². The highest BCUT2D eigenvalue weighted by Gasteiger charge is 2.22. The third-order valence-corrected chi connectivity index (χ3v) is 5.06. The molecule has 2 aromatic carbocycles. The van der Waals surface area contributed by atoms with Crippen LogP contribution >= 0.6 is 0 Å². The van der Waals surface area contributed by atoms with E-state index < -0.39 is 15.6 Å². The van der Waals surface area contributed by atoms with E-state index in [9.17, 15) is 17.6 Å². The Morgan fingerprint density at radius 1 is 1.00 bits per heavy atom. The zero-order valence-electron chi connectivity index (χ0n) is 14.1. The van der Waals surface area contributed by atoms with Crippen LogP contribution in [0, 0.1) is 12.7 Å². The van der Waals surface area contributed by atoms with Crippen molar-refractivity contribution in [2.24, 2.45) is 0 Å². The zero-order valence-corrected chi connectivity index (χ0v) is 14.9. The molecule has 0 bridgehead atoms. The van der Waals surface area contributed by atoms with Crippen molar-refractivity contribution in [1.82, 2.24) is 4.72 Å². The van der Waals surface area contributed by atoms with E-state index in [4.69, 9.17) is 0 Å². The molecule has 0 aromatic heterocycles. The van der Waals surface area contributed by atoms with Crippen molar-refractivity contribution in [3.05, 3.63) is 65.0 Å². The van der Waals surface area contributed by atoms with Gasteiger partial charge in [0.25, 0.3) is 0 Å². The van der Waals surface area contributed by atoms with E-state index in [0.717, 1.165) is 0 Å². The lowest BCUT2D eigenvalue weighted by atomic mass is 10.0. The van der Waals surface area contributed by atoms with Gasteiger partial charge in [-0.25, -0.2) is 17.5 Å². The van der Waals surface area contributed by atoms with Crippen molar-refractivity contribution < 1.29 is 17.6 Å². The first kappa shape index (κ1) is 18.3. The van der Waals surface area contributed by atoms with Crippen LogP contribution in [0.15, 0.2) is 47.4 Å². The molecule has 0 amide bonds. The first-order valence-corrected chi connectivity index (χ1v) is 8.93. The number of hydrogen-bond donors (Lipinski definition) is 1. The van der Waals surface area contributed by atoms with Crippen LogP contribution < -0.4 is 4.72 Å². The van der Waals surface area contributed by atoms with Crippen molar-refractivity contribution in [3.8, 4) is 0 Å². The van der Waals surface area contributed by atoms with E-state index in [2.05, 4.69) is 4.72 Å². The van der Waals surface area contributed by atoms with Crippen molar-refractivity contribution in [3.63, 3.8) is 0 Å². The molecule has 0 heterocycles. The molecule has 0 aliphatic rings. The summed E-state index contributed by atoms with van der Waals surface area (Å²) in [5.74, 6) is -0.660. The number of aryl methyl sites for hydroxylation is 1. The van der Waals surface area contributed by atoms with Gasteiger partial charge in [-0.3, -0.25) is 4.79 Å². The second-order valence-corrected chi connectivity index (χ2v) is 8.36. The van der Waals surface area contributed by atoms with Crippen LogP contribution in [0.25, 0.3) is 0 Å². The fourth-order valence-corrected chi connectivity index (χ4v) is 3.62. The first-order chi connectivity index (χ1) is 11.0. The first-order valence-electron chi connectivity index (χ1n) is 7.44. The number of rotatable bonds is 4. The molecule has 0 saturated carbocycles. The number of carbonyl (C=O) groups is 1. The summed E-state index contributed by atoms with van der Waals surface area (Å²) in [7, 11) is -3.65. The summed E-state index contributed by atoms with van der Waals surface area (Å²) in [6, 6.07) is 9.82. The molecule has 2 aromatic rings. The Balaban J connectivity index is 2.29. The monoisotopic (exact) mass is 349 g/mol. The maximum atomic E-state index is 13.3. The molecule has 4 nitrogen and oxygen atoms in total. The Morgan fingerprint density at radius 3 is 2.04 bits per heavy atom. The topological polar surface area (TPSA) is 63.2 Å². The third-order valence-electron chi connectivity index (χ3n) is 3.29. The summed E-state index contributed by atoms with van der Waals surface area (Å²) in [6.45, 7) is 6.83. The van der Waals surface area contributed by atoms with E-state index in [-0.39, 0.29) is 16.5 Å². The zero-order chi connectivity index (χ0) is 18.1. The van der Waals surface area contributed by atoms with Gasteiger partial charge in [0.2, 0.25) is 10.0 Å². The molecule has 0 saturated heterocycles. The molecule has 1 N–H and O–H groups in total. The minimum atomic E-state index is -3.65. The van der Waals surface area contributed by atoms with E-state index in [1.165, 1.54) is 42.5 Å². The minimum absolute atomic E-state index is 0.0873. The van der Waals surface area contributed by atoms with Crippen molar-refractivity contribution in [2.75, 3.05) is 0 Å². The standard InChI is InChI=1S/C18H20FNO3S/c1-12-11-14(7-10-16(12)19)17(21)13-5-8-15(9-6-13)24(22,23)20-18(2,3)4/h5-11,20H,1-4H3. The molecule has 0 aliphatic heterocycles. The highest BCUT2D eigenvalue weighted by atomic mass is 32.2. The summed E-state index contributed by atoms with van der Waals surface area (Å²) >= 11 is 0. The van der Waals surface area contributed by atoms with Gasteiger partial charge in [0.05, 0.1) is 4.90 Å². The number of benzene rings is 2. The van der Waals surface area contributed by atoms with E-state index >= 15 is 0 Å². The van der Waals surface area contributed by atoms with E-state index in [1.54, 1.807) is 27.7 Å². The molecule has 128 valence electrons. The molecule has 0 unspecified atom stereocenters. The minimum Gasteiger partial charge on any atom is -0.289 e. The lowest BCUT2D eigenvalue weighted by molar-refractivity contribution is 0.103. The van der Waals surface area contributed by atoms with Crippen molar-refractivity contribution >= 4 is 15.8 Å². The summed E-state index contributed by atoms with van der Waals surface area (Å²) in [4.78, 5) is 12.5. The van der Waals surface area contributed by atoms with Crippen LogP contribution in [0.2, 0.25) is 0 Å². The molecule has 2 rings (SSSR count). The molecule has 6 heteroatoms. The van der Waals surface area contributed by atoms with Gasteiger partial charge < -0.3 is 0 Å². The number of sulfonamides is 1. The lowest BCUT2D eigenvalue weighted by Gasteiger charge is -2.20. The highest BCUT2D eigenvalue weighted by Crippen LogP contribution is 2.17. The van der Waals surface area contributed by atoms with E-state index in [0.29, 0.717) is 16.7 Å². The van der Waals surface area contributed by atoms with Crippen molar-refractivity contribution in [2.45, 2.75) is 38.1 Å². The second kappa shape index (κ2) is 6.45.